The summed E-state index contributed by atoms with van der Waals surface area (Å²) in [6.07, 6.45) is 2.48. The third kappa shape index (κ3) is 7.60. The number of aromatic amines is 1. The number of nitrogens with one attached hydrogen (secondary N) is 3. The molecule has 5 heterocycles. The van der Waals surface area contributed by atoms with E-state index < -0.39 is 12.1 Å². The number of aromatic nitrogens is 4. The summed E-state index contributed by atoms with van der Waals surface area (Å²) in [6, 6.07) is 33.7. The molecule has 4 amide bonds. The maximum absolute atomic E-state index is 13.7. The Morgan fingerprint density at radius 1 is 0.593 bits per heavy atom. The molecule has 7 aromatic rings. The summed E-state index contributed by atoms with van der Waals surface area (Å²) in [6.45, 7) is 0.890. The molecule has 0 aliphatic carbocycles. The fraction of sp³-hybridized carbons (Fsp3) is 0.178. The molecule has 2 atom stereocenters. The highest BCUT2D eigenvalue weighted by Gasteiger charge is 2.37. The maximum atomic E-state index is 13.7. The van der Waals surface area contributed by atoms with Gasteiger partial charge in [0, 0.05) is 40.8 Å². The SMILES string of the molecule is O=C(Nc1ccc(-c2cc(-c3ccc(NC(=O)[C@@H]4CCCN4C(=O)c4nc(Cl)cc5ccccc45)cc3)[nH]n2)cc1)[C@@H]1CCCN1C(=O)c1nc(Cl)cc2ccccc12. The number of hydrogen-bond acceptors (Lipinski definition) is 7. The minimum absolute atomic E-state index is 0.223. The molecule has 2 aliphatic rings. The van der Waals surface area contributed by atoms with E-state index in [1.165, 1.54) is 0 Å². The predicted octanol–water partition coefficient (Wildman–Crippen LogP) is 8.63. The van der Waals surface area contributed by atoms with E-state index in [0.29, 0.717) is 66.6 Å². The largest absolute Gasteiger partial charge is 0.325 e. The molecule has 4 aromatic carbocycles. The van der Waals surface area contributed by atoms with Crippen molar-refractivity contribution < 1.29 is 19.2 Å². The molecule has 2 saturated heterocycles. The van der Waals surface area contributed by atoms with Crippen molar-refractivity contribution in [2.75, 3.05) is 23.7 Å². The van der Waals surface area contributed by atoms with Gasteiger partial charge in [0.2, 0.25) is 11.8 Å². The van der Waals surface area contributed by atoms with Crippen LogP contribution in [0, 0.1) is 0 Å². The first-order valence-electron chi connectivity index (χ1n) is 19.3. The van der Waals surface area contributed by atoms with Crippen LogP contribution in [0.3, 0.4) is 0 Å². The maximum Gasteiger partial charge on any atom is 0.273 e. The van der Waals surface area contributed by atoms with Gasteiger partial charge in [-0.1, -0.05) is 96.0 Å². The first-order chi connectivity index (χ1) is 28.7. The van der Waals surface area contributed by atoms with E-state index >= 15 is 0 Å². The first kappa shape index (κ1) is 37.9. The standard InChI is InChI=1S/C45H36Cl2N8O4/c46-38-23-28-7-1-3-9-32(28)40(50-38)44(58)54-21-5-11-36(54)42(56)48-30-17-13-26(14-18-30)34-25-35(53-52-34)27-15-19-31(20-16-27)49-43(57)37-12-6-22-55(37)45(59)41-33-10-4-2-8-29(33)24-39(47)51-41/h1-4,7-10,13-20,23-25,36-37H,5-6,11-12,21-22H2,(H,48,56)(H,49,57)(H,52,53)/t36-,37-/m0/s1. The van der Waals surface area contributed by atoms with Crippen LogP contribution in [0.5, 0.6) is 0 Å². The average molecular weight is 824 g/mol. The van der Waals surface area contributed by atoms with E-state index in [4.69, 9.17) is 23.2 Å². The van der Waals surface area contributed by atoms with Gasteiger partial charge in [-0.15, -0.1) is 0 Å². The molecule has 3 N–H and O–H groups in total. The lowest BCUT2D eigenvalue weighted by molar-refractivity contribution is -0.120. The fourth-order valence-electron chi connectivity index (χ4n) is 8.02. The van der Waals surface area contributed by atoms with Crippen molar-refractivity contribution in [2.24, 2.45) is 0 Å². The number of fused-ring (bicyclic) bond motifs is 2. The van der Waals surface area contributed by atoms with Gasteiger partial charge in [-0.25, -0.2) is 9.97 Å². The quantitative estimate of drug-likeness (QED) is 0.130. The van der Waals surface area contributed by atoms with Gasteiger partial charge in [-0.05, 0) is 84.5 Å². The lowest BCUT2D eigenvalue weighted by Crippen LogP contribution is -2.43. The van der Waals surface area contributed by atoms with Gasteiger partial charge < -0.3 is 20.4 Å². The smallest absolute Gasteiger partial charge is 0.273 e. The molecule has 12 nitrogen and oxygen atoms in total. The molecular formula is C45H36Cl2N8O4. The summed E-state index contributed by atoms with van der Waals surface area (Å²) >= 11 is 12.5. The molecular weight excluding hydrogens is 787 g/mol. The zero-order chi connectivity index (χ0) is 40.6. The van der Waals surface area contributed by atoms with Gasteiger partial charge in [-0.3, -0.25) is 24.3 Å². The normalized spacial score (nSPS) is 16.4. The van der Waals surface area contributed by atoms with E-state index in [0.717, 1.165) is 27.6 Å². The number of nitrogens with zero attached hydrogens (tertiary/aromatic N) is 5. The molecule has 0 spiro atoms. The molecule has 0 saturated carbocycles. The Kier molecular flexibility index (Phi) is 10.3. The highest BCUT2D eigenvalue weighted by atomic mass is 35.5. The third-order valence-electron chi connectivity index (χ3n) is 10.9. The molecule has 0 bridgehead atoms. The van der Waals surface area contributed by atoms with E-state index in [1.54, 1.807) is 34.1 Å². The van der Waals surface area contributed by atoms with Crippen LogP contribution >= 0.6 is 23.2 Å². The summed E-state index contributed by atoms with van der Waals surface area (Å²) in [4.78, 5) is 66.2. The minimum Gasteiger partial charge on any atom is -0.325 e. The van der Waals surface area contributed by atoms with Crippen LogP contribution in [0.15, 0.2) is 115 Å². The summed E-state index contributed by atoms with van der Waals surface area (Å²) in [5.41, 5.74) is 4.85. The zero-order valence-electron chi connectivity index (χ0n) is 31.5. The Bertz CT molecular complexity index is 2590. The molecule has 294 valence electrons. The van der Waals surface area contributed by atoms with Gasteiger partial charge >= 0.3 is 0 Å². The van der Waals surface area contributed by atoms with Crippen molar-refractivity contribution in [2.45, 2.75) is 37.8 Å². The number of likely N-dealkylation sites (tertiary alicyclic amines) is 2. The van der Waals surface area contributed by atoms with Crippen molar-refractivity contribution >= 4 is 79.8 Å². The molecule has 0 unspecified atom stereocenters. The number of benzene rings is 4. The first-order valence-corrected chi connectivity index (χ1v) is 20.1. The Morgan fingerprint density at radius 3 is 1.54 bits per heavy atom. The predicted molar refractivity (Wildman–Crippen MR) is 228 cm³/mol. The van der Waals surface area contributed by atoms with Crippen LogP contribution < -0.4 is 10.6 Å². The van der Waals surface area contributed by atoms with Crippen molar-refractivity contribution in [3.05, 3.63) is 137 Å². The lowest BCUT2D eigenvalue weighted by Gasteiger charge is -2.24. The second-order valence-electron chi connectivity index (χ2n) is 14.6. The van der Waals surface area contributed by atoms with Crippen molar-refractivity contribution in [3.8, 4) is 22.5 Å². The Balaban J connectivity index is 0.823. The Labute approximate surface area is 348 Å². The van der Waals surface area contributed by atoms with Gasteiger partial charge in [0.25, 0.3) is 11.8 Å². The molecule has 0 radical (unpaired) electrons. The summed E-state index contributed by atoms with van der Waals surface area (Å²) < 4.78 is 0. The van der Waals surface area contributed by atoms with Crippen LogP contribution in [-0.4, -0.2) is 78.8 Å². The van der Waals surface area contributed by atoms with Gasteiger partial charge in [0.1, 0.15) is 33.8 Å². The van der Waals surface area contributed by atoms with Crippen molar-refractivity contribution in [3.63, 3.8) is 0 Å². The number of anilines is 2. The third-order valence-corrected chi connectivity index (χ3v) is 11.3. The van der Waals surface area contributed by atoms with Crippen molar-refractivity contribution in [1.82, 2.24) is 30.0 Å². The fourth-order valence-corrected chi connectivity index (χ4v) is 8.43. The Morgan fingerprint density at radius 2 is 1.05 bits per heavy atom. The number of amides is 4. The van der Waals surface area contributed by atoms with Crippen molar-refractivity contribution in [1.29, 1.82) is 0 Å². The van der Waals surface area contributed by atoms with E-state index in [-0.39, 0.29) is 45.3 Å². The number of carbonyl (C=O) groups excluding carboxylic acids is 4. The molecule has 14 heteroatoms. The van der Waals surface area contributed by atoms with Gasteiger partial charge in [0.05, 0.1) is 11.4 Å². The van der Waals surface area contributed by atoms with Crippen LogP contribution in [-0.2, 0) is 9.59 Å². The minimum atomic E-state index is -0.643. The van der Waals surface area contributed by atoms with Gasteiger partial charge in [0.15, 0.2) is 0 Å². The topological polar surface area (TPSA) is 153 Å². The highest BCUT2D eigenvalue weighted by Crippen LogP contribution is 2.30. The Hall–Kier alpha value is -6.63. The summed E-state index contributed by atoms with van der Waals surface area (Å²) in [7, 11) is 0. The summed E-state index contributed by atoms with van der Waals surface area (Å²) in [5.74, 6) is -1.18. The van der Waals surface area contributed by atoms with Gasteiger partial charge in [-0.2, -0.15) is 5.10 Å². The number of halogens is 2. The summed E-state index contributed by atoms with van der Waals surface area (Å²) in [5, 5.41) is 17.0. The van der Waals surface area contributed by atoms with Crippen LogP contribution in [0.1, 0.15) is 46.7 Å². The van der Waals surface area contributed by atoms with Crippen LogP contribution in [0.25, 0.3) is 44.1 Å². The molecule has 2 aliphatic heterocycles. The zero-order valence-corrected chi connectivity index (χ0v) is 33.0. The van der Waals surface area contributed by atoms with E-state index in [1.807, 2.05) is 91.0 Å². The van der Waals surface area contributed by atoms with Crippen LogP contribution in [0.4, 0.5) is 11.4 Å². The molecule has 9 rings (SSSR count). The highest BCUT2D eigenvalue weighted by molar-refractivity contribution is 6.31. The number of carbonyl (C=O) groups is 4. The number of hydrogen-bond donors (Lipinski definition) is 3. The number of pyridine rings is 2. The molecule has 2 fully saturated rings. The lowest BCUT2D eigenvalue weighted by atomic mass is 10.1. The number of rotatable bonds is 8. The monoisotopic (exact) mass is 822 g/mol. The second-order valence-corrected chi connectivity index (χ2v) is 15.4. The van der Waals surface area contributed by atoms with Crippen LogP contribution in [0.2, 0.25) is 10.3 Å². The number of H-pyrrole nitrogens is 1. The molecule has 59 heavy (non-hydrogen) atoms. The molecule has 3 aromatic heterocycles. The van der Waals surface area contributed by atoms with E-state index in [9.17, 15) is 19.2 Å². The van der Waals surface area contributed by atoms with E-state index in [2.05, 4.69) is 30.8 Å². The average Bonchev–Trinajstić information content (AvgIpc) is 4.06. The second kappa shape index (κ2) is 16.0.